The summed E-state index contributed by atoms with van der Waals surface area (Å²) in [5.74, 6) is 0.649. The molecule has 0 radical (unpaired) electrons. The number of amides is 2. The molecule has 1 aromatic carbocycles. The highest BCUT2D eigenvalue weighted by molar-refractivity contribution is 6.05. The van der Waals surface area contributed by atoms with Gasteiger partial charge >= 0.3 is 0 Å². The fraction of sp³-hybridized carbons (Fsp3) is 0.381. The number of benzene rings is 1. The summed E-state index contributed by atoms with van der Waals surface area (Å²) in [6.07, 6.45) is 3.66. The summed E-state index contributed by atoms with van der Waals surface area (Å²) in [7, 11) is 1.55. The highest BCUT2D eigenvalue weighted by atomic mass is 16.5. The number of aryl methyl sites for hydroxylation is 1. The lowest BCUT2D eigenvalue weighted by Gasteiger charge is -2.31. The first-order valence-corrected chi connectivity index (χ1v) is 9.19. The van der Waals surface area contributed by atoms with Crippen LogP contribution in [0.25, 0.3) is 0 Å². The van der Waals surface area contributed by atoms with Gasteiger partial charge in [-0.25, -0.2) is 0 Å². The third-order valence-electron chi connectivity index (χ3n) is 4.79. The van der Waals surface area contributed by atoms with Gasteiger partial charge in [0, 0.05) is 24.8 Å². The van der Waals surface area contributed by atoms with Crippen molar-refractivity contribution >= 4 is 17.5 Å². The summed E-state index contributed by atoms with van der Waals surface area (Å²) >= 11 is 0. The number of aromatic nitrogens is 1. The molecule has 2 amide bonds. The number of carbonyl (C=O) groups is 2. The highest BCUT2D eigenvalue weighted by Gasteiger charge is 2.23. The number of carbonyl (C=O) groups excluding carboxylic acids is 2. The van der Waals surface area contributed by atoms with E-state index in [1.807, 2.05) is 24.0 Å². The highest BCUT2D eigenvalue weighted by Crippen LogP contribution is 2.25. The molecule has 1 N–H and O–H groups in total. The second kappa shape index (κ2) is 8.20. The maximum absolute atomic E-state index is 12.8. The summed E-state index contributed by atoms with van der Waals surface area (Å²) in [6.45, 7) is 5.60. The number of likely N-dealkylation sites (tertiary alicyclic amines) is 1. The van der Waals surface area contributed by atoms with Crippen LogP contribution < -0.4 is 10.1 Å². The van der Waals surface area contributed by atoms with E-state index in [-0.39, 0.29) is 17.5 Å². The van der Waals surface area contributed by atoms with E-state index in [0.29, 0.717) is 22.9 Å². The van der Waals surface area contributed by atoms with Crippen molar-refractivity contribution in [3.05, 3.63) is 53.3 Å². The van der Waals surface area contributed by atoms with Gasteiger partial charge in [-0.05, 0) is 55.5 Å². The summed E-state index contributed by atoms with van der Waals surface area (Å²) in [6, 6.07) is 8.76. The van der Waals surface area contributed by atoms with E-state index in [1.165, 1.54) is 6.20 Å². The van der Waals surface area contributed by atoms with Gasteiger partial charge < -0.3 is 15.0 Å². The van der Waals surface area contributed by atoms with Crippen LogP contribution in [-0.2, 0) is 0 Å². The topological polar surface area (TPSA) is 71.5 Å². The van der Waals surface area contributed by atoms with Crippen LogP contribution in [0.1, 0.15) is 46.2 Å². The Labute approximate surface area is 159 Å². The Morgan fingerprint density at radius 2 is 2.07 bits per heavy atom. The van der Waals surface area contributed by atoms with E-state index < -0.39 is 0 Å². The number of ether oxygens (including phenoxy) is 1. The number of pyridine rings is 1. The van der Waals surface area contributed by atoms with Gasteiger partial charge in [-0.1, -0.05) is 13.0 Å². The molecular formula is C21H25N3O3. The second-order valence-corrected chi connectivity index (χ2v) is 7.09. The molecule has 1 aliphatic rings. The fourth-order valence-corrected chi connectivity index (χ4v) is 3.35. The molecule has 6 heteroatoms. The third kappa shape index (κ3) is 4.45. The summed E-state index contributed by atoms with van der Waals surface area (Å²) < 4.78 is 5.29. The zero-order valence-electron chi connectivity index (χ0n) is 16.0. The lowest BCUT2D eigenvalue weighted by atomic mass is 9.99. The Kier molecular flexibility index (Phi) is 5.74. The van der Waals surface area contributed by atoms with Crippen LogP contribution in [0.15, 0.2) is 36.5 Å². The van der Waals surface area contributed by atoms with E-state index in [1.54, 1.807) is 25.3 Å². The minimum Gasteiger partial charge on any atom is -0.495 e. The van der Waals surface area contributed by atoms with Crippen molar-refractivity contribution in [2.45, 2.75) is 26.7 Å². The number of anilines is 1. The number of hydrogen-bond donors (Lipinski definition) is 1. The first-order chi connectivity index (χ1) is 13.0. The first-order valence-electron chi connectivity index (χ1n) is 9.19. The number of hydrogen-bond acceptors (Lipinski definition) is 4. The first kappa shape index (κ1) is 18.9. The van der Waals surface area contributed by atoms with Gasteiger partial charge in [0.05, 0.1) is 12.8 Å². The molecule has 0 spiro atoms. The van der Waals surface area contributed by atoms with Gasteiger partial charge in [0.25, 0.3) is 11.8 Å². The quantitative estimate of drug-likeness (QED) is 0.897. The smallest absolute Gasteiger partial charge is 0.274 e. The van der Waals surface area contributed by atoms with Crippen molar-refractivity contribution in [2.24, 2.45) is 5.92 Å². The van der Waals surface area contributed by atoms with E-state index in [9.17, 15) is 9.59 Å². The number of nitrogens with one attached hydrogen (secondary N) is 1. The predicted octanol–water partition coefficient (Wildman–Crippen LogP) is 3.52. The molecule has 1 saturated heterocycles. The molecular weight excluding hydrogens is 342 g/mol. The number of rotatable bonds is 4. The van der Waals surface area contributed by atoms with Gasteiger partial charge in [0.1, 0.15) is 11.4 Å². The van der Waals surface area contributed by atoms with Gasteiger partial charge in [-0.15, -0.1) is 0 Å². The Morgan fingerprint density at radius 3 is 2.81 bits per heavy atom. The molecule has 2 heterocycles. The normalized spacial score (nSPS) is 16.7. The van der Waals surface area contributed by atoms with Crippen molar-refractivity contribution in [2.75, 3.05) is 25.5 Å². The molecule has 1 aliphatic heterocycles. The average Bonchev–Trinajstić information content (AvgIpc) is 2.67. The van der Waals surface area contributed by atoms with Crippen molar-refractivity contribution in [1.82, 2.24) is 9.88 Å². The summed E-state index contributed by atoms with van der Waals surface area (Å²) in [5, 5.41) is 2.82. The van der Waals surface area contributed by atoms with E-state index in [4.69, 9.17) is 4.74 Å². The minimum atomic E-state index is -0.374. The molecule has 142 valence electrons. The molecule has 0 saturated carbocycles. The number of nitrogens with zero attached hydrogens (tertiary/aromatic N) is 2. The Morgan fingerprint density at radius 1 is 1.26 bits per heavy atom. The molecule has 1 atom stereocenters. The van der Waals surface area contributed by atoms with Crippen LogP contribution in [0.4, 0.5) is 5.69 Å². The third-order valence-corrected chi connectivity index (χ3v) is 4.79. The molecule has 1 aromatic heterocycles. The number of methoxy groups -OCH3 is 1. The van der Waals surface area contributed by atoms with Crippen molar-refractivity contribution in [1.29, 1.82) is 0 Å². The maximum Gasteiger partial charge on any atom is 0.274 e. The van der Waals surface area contributed by atoms with Crippen LogP contribution in [0.3, 0.4) is 0 Å². The van der Waals surface area contributed by atoms with Crippen LogP contribution in [0.2, 0.25) is 0 Å². The average molecular weight is 367 g/mol. The molecule has 0 aliphatic carbocycles. The molecule has 3 rings (SSSR count). The Balaban J connectivity index is 1.78. The van der Waals surface area contributed by atoms with Crippen LogP contribution >= 0.6 is 0 Å². The maximum atomic E-state index is 12.8. The monoisotopic (exact) mass is 367 g/mol. The Bertz CT molecular complexity index is 850. The molecule has 27 heavy (non-hydrogen) atoms. The van der Waals surface area contributed by atoms with Crippen LogP contribution in [-0.4, -0.2) is 41.9 Å². The van der Waals surface area contributed by atoms with Gasteiger partial charge in [-0.3, -0.25) is 14.6 Å². The molecule has 6 nitrogen and oxygen atoms in total. The lowest BCUT2D eigenvalue weighted by Crippen LogP contribution is -2.39. The van der Waals surface area contributed by atoms with Gasteiger partial charge in [0.15, 0.2) is 0 Å². The summed E-state index contributed by atoms with van der Waals surface area (Å²) in [5.41, 5.74) is 2.27. The van der Waals surface area contributed by atoms with Gasteiger partial charge in [0.2, 0.25) is 0 Å². The Hall–Kier alpha value is -2.89. The second-order valence-electron chi connectivity index (χ2n) is 7.09. The number of piperidine rings is 1. The zero-order chi connectivity index (χ0) is 19.4. The molecule has 0 bridgehead atoms. The predicted molar refractivity (Wildman–Crippen MR) is 104 cm³/mol. The van der Waals surface area contributed by atoms with Crippen molar-refractivity contribution in [3.8, 4) is 5.75 Å². The molecule has 1 unspecified atom stereocenters. The largest absolute Gasteiger partial charge is 0.495 e. The van der Waals surface area contributed by atoms with Crippen molar-refractivity contribution < 1.29 is 14.3 Å². The minimum absolute atomic E-state index is 0.0499. The fourth-order valence-electron chi connectivity index (χ4n) is 3.35. The van der Waals surface area contributed by atoms with Crippen LogP contribution in [0.5, 0.6) is 5.75 Å². The summed E-state index contributed by atoms with van der Waals surface area (Å²) in [4.78, 5) is 31.4. The van der Waals surface area contributed by atoms with Gasteiger partial charge in [-0.2, -0.15) is 0 Å². The SMILES string of the molecule is COc1ccc(C)cc1NC(=O)c1cc(C(=O)N2CCCC(C)C2)ccn1. The lowest BCUT2D eigenvalue weighted by molar-refractivity contribution is 0.0683. The zero-order valence-corrected chi connectivity index (χ0v) is 16.0. The van der Waals surface area contributed by atoms with E-state index in [2.05, 4.69) is 17.2 Å². The van der Waals surface area contributed by atoms with E-state index >= 15 is 0 Å². The van der Waals surface area contributed by atoms with Crippen molar-refractivity contribution in [3.63, 3.8) is 0 Å². The standard InChI is InChI=1S/C21H25N3O3/c1-14-6-7-19(27-3)17(11-14)23-20(25)18-12-16(8-9-22-18)21(26)24-10-4-5-15(2)13-24/h6-9,11-12,15H,4-5,10,13H2,1-3H3,(H,23,25). The molecule has 2 aromatic rings. The molecule has 1 fully saturated rings. The van der Waals surface area contributed by atoms with E-state index in [0.717, 1.165) is 31.5 Å². The van der Waals surface area contributed by atoms with Crippen LogP contribution in [0, 0.1) is 12.8 Å².